The summed E-state index contributed by atoms with van der Waals surface area (Å²) in [6.45, 7) is 1.86. The van der Waals surface area contributed by atoms with Gasteiger partial charge in [0, 0.05) is 23.3 Å². The SMILES string of the molecule is COc1ccc(C)cc1C(Br)c1c(F)cc(F)cc1F. The maximum Gasteiger partial charge on any atom is 0.133 e. The van der Waals surface area contributed by atoms with Crippen LogP contribution < -0.4 is 4.74 Å². The zero-order chi connectivity index (χ0) is 14.9. The molecule has 0 aliphatic carbocycles. The maximum atomic E-state index is 13.8. The van der Waals surface area contributed by atoms with Gasteiger partial charge in [0.2, 0.25) is 0 Å². The van der Waals surface area contributed by atoms with Crippen molar-refractivity contribution in [3.63, 3.8) is 0 Å². The molecule has 0 amide bonds. The summed E-state index contributed by atoms with van der Waals surface area (Å²) < 4.78 is 45.8. The normalized spacial score (nSPS) is 12.3. The van der Waals surface area contributed by atoms with Gasteiger partial charge in [-0.2, -0.15) is 0 Å². The summed E-state index contributed by atoms with van der Waals surface area (Å²) in [6.07, 6.45) is 0. The second-order valence-corrected chi connectivity index (χ2v) is 5.31. The van der Waals surface area contributed by atoms with Crippen LogP contribution in [0.1, 0.15) is 21.5 Å². The molecule has 2 aromatic carbocycles. The first-order valence-electron chi connectivity index (χ1n) is 5.87. The van der Waals surface area contributed by atoms with Crippen LogP contribution in [0.25, 0.3) is 0 Å². The molecule has 1 atom stereocenters. The molecule has 0 spiro atoms. The molecule has 0 aromatic heterocycles. The Kier molecular flexibility index (Phi) is 4.38. The first-order chi connectivity index (χ1) is 9.43. The van der Waals surface area contributed by atoms with Crippen molar-refractivity contribution in [1.29, 1.82) is 0 Å². The van der Waals surface area contributed by atoms with Gasteiger partial charge in [0.1, 0.15) is 23.2 Å². The number of ether oxygens (including phenoxy) is 1. The Hall–Kier alpha value is -1.49. The number of halogens is 4. The lowest BCUT2D eigenvalue weighted by Gasteiger charge is -2.17. The zero-order valence-electron chi connectivity index (χ0n) is 10.9. The van der Waals surface area contributed by atoms with Crippen molar-refractivity contribution in [1.82, 2.24) is 0 Å². The molecule has 0 bridgehead atoms. The smallest absolute Gasteiger partial charge is 0.133 e. The summed E-state index contributed by atoms with van der Waals surface area (Å²) in [4.78, 5) is -0.766. The molecule has 20 heavy (non-hydrogen) atoms. The van der Waals surface area contributed by atoms with Crippen molar-refractivity contribution in [2.75, 3.05) is 7.11 Å². The van der Waals surface area contributed by atoms with Crippen LogP contribution in [0.15, 0.2) is 30.3 Å². The number of aryl methyl sites for hydroxylation is 1. The predicted molar refractivity (Wildman–Crippen MR) is 74.8 cm³/mol. The van der Waals surface area contributed by atoms with Crippen molar-refractivity contribution in [3.8, 4) is 5.75 Å². The second kappa shape index (κ2) is 5.87. The van der Waals surface area contributed by atoms with Crippen LogP contribution in [0.4, 0.5) is 13.2 Å². The third-order valence-electron chi connectivity index (χ3n) is 2.96. The van der Waals surface area contributed by atoms with Gasteiger partial charge < -0.3 is 4.74 Å². The summed E-state index contributed by atoms with van der Waals surface area (Å²) in [5, 5.41) is 0. The van der Waals surface area contributed by atoms with Gasteiger partial charge in [-0.1, -0.05) is 33.6 Å². The maximum absolute atomic E-state index is 13.8. The molecule has 0 heterocycles. The minimum absolute atomic E-state index is 0.240. The number of methoxy groups -OCH3 is 1. The summed E-state index contributed by atoms with van der Waals surface area (Å²) in [5.74, 6) is -2.32. The average molecular weight is 345 g/mol. The van der Waals surface area contributed by atoms with Gasteiger partial charge in [-0.25, -0.2) is 13.2 Å². The van der Waals surface area contributed by atoms with Crippen molar-refractivity contribution in [2.24, 2.45) is 0 Å². The van der Waals surface area contributed by atoms with Gasteiger partial charge >= 0.3 is 0 Å². The number of hydrogen-bond donors (Lipinski definition) is 0. The molecule has 0 fully saturated rings. The standard InChI is InChI=1S/C15H12BrF3O/c1-8-3-4-13(20-2)10(5-8)15(16)14-11(18)6-9(17)7-12(14)19/h3-7,15H,1-2H3. The van der Waals surface area contributed by atoms with E-state index in [1.165, 1.54) is 7.11 Å². The molecular weight excluding hydrogens is 333 g/mol. The summed E-state index contributed by atoms with van der Waals surface area (Å²) >= 11 is 3.26. The highest BCUT2D eigenvalue weighted by atomic mass is 79.9. The highest BCUT2D eigenvalue weighted by molar-refractivity contribution is 9.09. The topological polar surface area (TPSA) is 9.23 Å². The van der Waals surface area contributed by atoms with Gasteiger partial charge in [0.15, 0.2) is 0 Å². The van der Waals surface area contributed by atoms with Crippen LogP contribution in [0.5, 0.6) is 5.75 Å². The molecule has 1 nitrogen and oxygen atoms in total. The van der Waals surface area contributed by atoms with Crippen LogP contribution in [-0.2, 0) is 0 Å². The Morgan fingerprint density at radius 1 is 1.05 bits per heavy atom. The monoisotopic (exact) mass is 344 g/mol. The van der Waals surface area contributed by atoms with Crippen molar-refractivity contribution in [2.45, 2.75) is 11.8 Å². The lowest BCUT2D eigenvalue weighted by Crippen LogP contribution is -2.04. The first kappa shape index (κ1) is 14.9. The molecule has 106 valence electrons. The van der Waals surface area contributed by atoms with Gasteiger partial charge in [-0.05, 0) is 13.0 Å². The molecule has 2 rings (SSSR count). The van der Waals surface area contributed by atoms with Gasteiger partial charge in [0.25, 0.3) is 0 Å². The van der Waals surface area contributed by atoms with Crippen LogP contribution in [0.3, 0.4) is 0 Å². The van der Waals surface area contributed by atoms with E-state index in [1.807, 2.05) is 13.0 Å². The summed E-state index contributed by atoms with van der Waals surface area (Å²) in [7, 11) is 1.48. The minimum Gasteiger partial charge on any atom is -0.496 e. The predicted octanol–water partition coefficient (Wildman–Crippen LogP) is 4.91. The molecule has 1 unspecified atom stereocenters. The molecule has 5 heteroatoms. The Balaban J connectivity index is 2.57. The van der Waals surface area contributed by atoms with Gasteiger partial charge in [-0.15, -0.1) is 0 Å². The van der Waals surface area contributed by atoms with Gasteiger partial charge in [0.05, 0.1) is 11.9 Å². The van der Waals surface area contributed by atoms with Gasteiger partial charge in [-0.3, -0.25) is 0 Å². The number of hydrogen-bond acceptors (Lipinski definition) is 1. The lowest BCUT2D eigenvalue weighted by atomic mass is 10.0. The van der Waals surface area contributed by atoms with E-state index in [9.17, 15) is 13.2 Å². The Morgan fingerprint density at radius 3 is 2.20 bits per heavy atom. The molecule has 0 N–H and O–H groups in total. The molecule has 2 aromatic rings. The highest BCUT2D eigenvalue weighted by Crippen LogP contribution is 2.39. The summed E-state index contributed by atoms with van der Waals surface area (Å²) in [6, 6.07) is 6.64. The zero-order valence-corrected chi connectivity index (χ0v) is 12.5. The van der Waals surface area contributed by atoms with Crippen molar-refractivity contribution >= 4 is 15.9 Å². The fraction of sp³-hybridized carbons (Fsp3) is 0.200. The fourth-order valence-corrected chi connectivity index (χ4v) is 2.80. The molecular formula is C15H12BrF3O. The van der Waals surface area contributed by atoms with Crippen LogP contribution in [0, 0.1) is 24.4 Å². The van der Waals surface area contributed by atoms with E-state index in [0.29, 0.717) is 23.4 Å². The van der Waals surface area contributed by atoms with Crippen LogP contribution in [0.2, 0.25) is 0 Å². The molecule has 0 saturated heterocycles. The molecule has 0 aliphatic rings. The quantitative estimate of drug-likeness (QED) is 0.719. The number of benzene rings is 2. The molecule has 0 aliphatic heterocycles. The van der Waals surface area contributed by atoms with E-state index >= 15 is 0 Å². The van der Waals surface area contributed by atoms with E-state index in [1.54, 1.807) is 12.1 Å². The molecule has 0 saturated carbocycles. The lowest BCUT2D eigenvalue weighted by molar-refractivity contribution is 0.409. The van der Waals surface area contributed by atoms with E-state index in [2.05, 4.69) is 15.9 Å². The van der Waals surface area contributed by atoms with Crippen molar-refractivity contribution < 1.29 is 17.9 Å². The second-order valence-electron chi connectivity index (χ2n) is 4.39. The third kappa shape index (κ3) is 2.82. The summed E-state index contributed by atoms with van der Waals surface area (Å²) in [5.41, 5.74) is 1.26. The molecule has 0 radical (unpaired) electrons. The van der Waals surface area contributed by atoms with E-state index < -0.39 is 22.3 Å². The van der Waals surface area contributed by atoms with Crippen LogP contribution in [-0.4, -0.2) is 7.11 Å². The van der Waals surface area contributed by atoms with E-state index in [4.69, 9.17) is 4.74 Å². The largest absolute Gasteiger partial charge is 0.496 e. The Bertz CT molecular complexity index is 620. The first-order valence-corrected chi connectivity index (χ1v) is 6.78. The van der Waals surface area contributed by atoms with E-state index in [0.717, 1.165) is 5.56 Å². The third-order valence-corrected chi connectivity index (χ3v) is 3.91. The highest BCUT2D eigenvalue weighted by Gasteiger charge is 2.23. The Morgan fingerprint density at radius 2 is 1.65 bits per heavy atom. The Labute approximate surface area is 123 Å². The number of rotatable bonds is 3. The minimum atomic E-state index is -0.945. The number of alkyl halides is 1. The van der Waals surface area contributed by atoms with Crippen LogP contribution >= 0.6 is 15.9 Å². The average Bonchev–Trinajstić information content (AvgIpc) is 2.37. The fourth-order valence-electron chi connectivity index (χ4n) is 2.00. The van der Waals surface area contributed by atoms with E-state index in [-0.39, 0.29) is 5.56 Å². The van der Waals surface area contributed by atoms with Crippen molar-refractivity contribution in [3.05, 3.63) is 64.5 Å².